The number of aromatic nitrogens is 1. The van der Waals surface area contributed by atoms with Gasteiger partial charge in [0, 0.05) is 25.4 Å². The Morgan fingerprint density at radius 2 is 2.09 bits per heavy atom. The Bertz CT molecular complexity index is 607. The lowest BCUT2D eigenvalue weighted by Gasteiger charge is -2.58. The molecule has 0 aliphatic heterocycles. The summed E-state index contributed by atoms with van der Waals surface area (Å²) in [5.41, 5.74) is -1.67. The Hall–Kier alpha value is -1.89. The molecule has 7 heteroatoms. The van der Waals surface area contributed by atoms with E-state index in [1.165, 1.54) is 0 Å². The second-order valence-electron chi connectivity index (χ2n) is 6.18. The number of nitrogens with zero attached hydrogens (tertiary/aromatic N) is 1. The van der Waals surface area contributed by atoms with Gasteiger partial charge in [0.15, 0.2) is 5.89 Å². The van der Waals surface area contributed by atoms with Crippen LogP contribution in [0.4, 0.5) is 0 Å². The lowest BCUT2D eigenvalue weighted by molar-refractivity contribution is -0.190. The molecule has 0 aromatic carbocycles. The maximum atomic E-state index is 12.4. The molecule has 0 saturated heterocycles. The van der Waals surface area contributed by atoms with Gasteiger partial charge in [0.25, 0.3) is 5.91 Å². The van der Waals surface area contributed by atoms with Crippen molar-refractivity contribution in [3.63, 3.8) is 0 Å². The Morgan fingerprint density at radius 1 is 1.45 bits per heavy atom. The van der Waals surface area contributed by atoms with E-state index in [1.54, 1.807) is 27.7 Å². The highest BCUT2D eigenvalue weighted by Crippen LogP contribution is 2.51. The zero-order valence-electron chi connectivity index (χ0n) is 13.5. The quantitative estimate of drug-likeness (QED) is 0.858. The predicted octanol–water partition coefficient (Wildman–Crippen LogP) is 1.68. The summed E-state index contributed by atoms with van der Waals surface area (Å²) in [5, 5.41) is 12.3. The van der Waals surface area contributed by atoms with Gasteiger partial charge in [-0.25, -0.2) is 9.78 Å². The number of carbonyl (C=O) groups excluding carboxylic acids is 1. The molecular weight excluding hydrogens is 288 g/mol. The van der Waals surface area contributed by atoms with Crippen molar-refractivity contribution in [3.8, 4) is 0 Å². The lowest BCUT2D eigenvalue weighted by atomic mass is 9.54. The first-order valence-electron chi connectivity index (χ1n) is 7.27. The van der Waals surface area contributed by atoms with Crippen LogP contribution in [0.3, 0.4) is 0 Å². The molecule has 1 aromatic heterocycles. The second kappa shape index (κ2) is 5.39. The molecule has 0 radical (unpaired) electrons. The maximum Gasteiger partial charge on any atom is 0.330 e. The number of carbonyl (C=O) groups is 2. The molecule has 2 N–H and O–H groups in total. The highest BCUT2D eigenvalue weighted by molar-refractivity contribution is 5.97. The molecule has 1 amide bonds. The van der Waals surface area contributed by atoms with Gasteiger partial charge >= 0.3 is 5.97 Å². The highest BCUT2D eigenvalue weighted by atomic mass is 16.5. The van der Waals surface area contributed by atoms with E-state index in [1.807, 2.05) is 6.92 Å². The third-order valence-corrected chi connectivity index (χ3v) is 4.57. The summed E-state index contributed by atoms with van der Waals surface area (Å²) < 4.78 is 10.8. The first-order chi connectivity index (χ1) is 10.2. The number of ether oxygens (including phenoxy) is 1. The summed E-state index contributed by atoms with van der Waals surface area (Å²) in [5.74, 6) is -1.22. The van der Waals surface area contributed by atoms with Gasteiger partial charge in [0.2, 0.25) is 5.76 Å². The van der Waals surface area contributed by atoms with Gasteiger partial charge in [0.1, 0.15) is 5.54 Å². The van der Waals surface area contributed by atoms with Crippen LogP contribution in [0.15, 0.2) is 4.42 Å². The minimum Gasteiger partial charge on any atom is -0.479 e. The van der Waals surface area contributed by atoms with Crippen LogP contribution < -0.4 is 5.32 Å². The van der Waals surface area contributed by atoms with E-state index in [-0.39, 0.29) is 18.3 Å². The molecule has 1 saturated carbocycles. The zero-order valence-corrected chi connectivity index (χ0v) is 13.5. The smallest absolute Gasteiger partial charge is 0.330 e. The number of carboxylic acids is 1. The SMILES string of the molecule is CCO[C@@H]1C[C@@](NC(=O)c2oc(C)nc2C)(C(=O)O)C1(C)C. The average Bonchev–Trinajstić information content (AvgIpc) is 2.75. The van der Waals surface area contributed by atoms with Gasteiger partial charge in [-0.05, 0) is 13.8 Å². The van der Waals surface area contributed by atoms with Crippen molar-refractivity contribution in [1.29, 1.82) is 0 Å². The summed E-state index contributed by atoms with van der Waals surface area (Å²) in [4.78, 5) is 28.2. The number of oxazole rings is 1. The fourth-order valence-corrected chi connectivity index (χ4v) is 3.03. The van der Waals surface area contributed by atoms with Crippen LogP contribution in [0.5, 0.6) is 0 Å². The Kier molecular flexibility index (Phi) is 4.04. The molecule has 0 spiro atoms. The molecule has 1 aliphatic carbocycles. The van der Waals surface area contributed by atoms with E-state index >= 15 is 0 Å². The van der Waals surface area contributed by atoms with Gasteiger partial charge in [-0.3, -0.25) is 4.79 Å². The lowest BCUT2D eigenvalue weighted by Crippen LogP contribution is -2.76. The first-order valence-corrected chi connectivity index (χ1v) is 7.27. The van der Waals surface area contributed by atoms with E-state index < -0.39 is 22.8 Å². The first kappa shape index (κ1) is 16.5. The van der Waals surface area contributed by atoms with Crippen molar-refractivity contribution in [2.45, 2.75) is 52.7 Å². The molecule has 0 bridgehead atoms. The molecule has 1 heterocycles. The van der Waals surface area contributed by atoms with Crippen molar-refractivity contribution in [1.82, 2.24) is 10.3 Å². The highest BCUT2D eigenvalue weighted by Gasteiger charge is 2.66. The van der Waals surface area contributed by atoms with Gasteiger partial charge in [0.05, 0.1) is 11.8 Å². The summed E-state index contributed by atoms with van der Waals surface area (Å²) in [6.07, 6.45) is 0.00705. The average molecular weight is 310 g/mol. The number of rotatable bonds is 5. The Morgan fingerprint density at radius 3 is 2.50 bits per heavy atom. The third-order valence-electron chi connectivity index (χ3n) is 4.57. The molecule has 122 valence electrons. The maximum absolute atomic E-state index is 12.4. The van der Waals surface area contributed by atoms with Crippen LogP contribution in [0.1, 0.15) is 49.3 Å². The number of amides is 1. The minimum absolute atomic E-state index is 0.0498. The summed E-state index contributed by atoms with van der Waals surface area (Å²) in [7, 11) is 0. The van der Waals surface area contributed by atoms with Gasteiger partial charge in [-0.1, -0.05) is 13.8 Å². The number of hydrogen-bond donors (Lipinski definition) is 2. The van der Waals surface area contributed by atoms with E-state index in [9.17, 15) is 14.7 Å². The zero-order chi connectivity index (χ0) is 16.7. The number of nitrogens with one attached hydrogen (secondary N) is 1. The molecule has 1 aromatic rings. The minimum atomic E-state index is -1.38. The summed E-state index contributed by atoms with van der Waals surface area (Å²) >= 11 is 0. The normalized spacial score (nSPS) is 26.3. The standard InChI is InChI=1S/C15H22N2O5/c1-6-21-10-7-15(13(19)20,14(10,4)5)17-12(18)11-8(2)16-9(3)22-11/h10H,6-7H2,1-5H3,(H,17,18)(H,19,20)/t10-,15-/m1/s1. The van der Waals surface area contributed by atoms with E-state index in [2.05, 4.69) is 10.3 Å². The fourth-order valence-electron chi connectivity index (χ4n) is 3.03. The molecule has 1 aliphatic rings. The van der Waals surface area contributed by atoms with E-state index in [4.69, 9.17) is 9.15 Å². The van der Waals surface area contributed by atoms with Crippen LogP contribution in [0, 0.1) is 19.3 Å². The number of hydrogen-bond acceptors (Lipinski definition) is 5. The Balaban J connectivity index is 2.26. The number of aliphatic carboxylic acids is 1. The Labute approximate surface area is 129 Å². The van der Waals surface area contributed by atoms with Crippen LogP contribution >= 0.6 is 0 Å². The van der Waals surface area contributed by atoms with Crippen LogP contribution in [-0.2, 0) is 9.53 Å². The van der Waals surface area contributed by atoms with Crippen molar-refractivity contribution in [2.24, 2.45) is 5.41 Å². The molecule has 1 fully saturated rings. The monoisotopic (exact) mass is 310 g/mol. The van der Waals surface area contributed by atoms with Gasteiger partial charge in [-0.15, -0.1) is 0 Å². The van der Waals surface area contributed by atoms with Crippen molar-refractivity contribution in [3.05, 3.63) is 17.3 Å². The fraction of sp³-hybridized carbons (Fsp3) is 0.667. The van der Waals surface area contributed by atoms with Crippen molar-refractivity contribution >= 4 is 11.9 Å². The van der Waals surface area contributed by atoms with E-state index in [0.29, 0.717) is 18.2 Å². The largest absolute Gasteiger partial charge is 0.479 e. The molecular formula is C15H22N2O5. The van der Waals surface area contributed by atoms with Crippen LogP contribution in [0.25, 0.3) is 0 Å². The summed E-state index contributed by atoms with van der Waals surface area (Å²) in [6.45, 7) is 9.20. The number of carboxylic acid groups (broad SMARTS) is 1. The van der Waals surface area contributed by atoms with Crippen molar-refractivity contribution in [2.75, 3.05) is 6.61 Å². The van der Waals surface area contributed by atoms with Gasteiger partial charge in [-0.2, -0.15) is 0 Å². The predicted molar refractivity (Wildman–Crippen MR) is 77.6 cm³/mol. The van der Waals surface area contributed by atoms with E-state index in [0.717, 1.165) is 0 Å². The molecule has 7 nitrogen and oxygen atoms in total. The summed E-state index contributed by atoms with van der Waals surface area (Å²) in [6, 6.07) is 0. The molecule has 22 heavy (non-hydrogen) atoms. The molecule has 2 atom stereocenters. The van der Waals surface area contributed by atoms with Gasteiger partial charge < -0.3 is 19.6 Å². The second-order valence-corrected chi connectivity index (χ2v) is 6.18. The number of aryl methyl sites for hydroxylation is 2. The van der Waals surface area contributed by atoms with Crippen LogP contribution in [-0.4, -0.2) is 40.2 Å². The third kappa shape index (κ3) is 2.29. The molecule has 0 unspecified atom stereocenters. The topological polar surface area (TPSA) is 102 Å². The van der Waals surface area contributed by atoms with Crippen molar-refractivity contribution < 1.29 is 23.8 Å². The molecule has 2 rings (SSSR count). The van der Waals surface area contributed by atoms with Crippen LogP contribution in [0.2, 0.25) is 0 Å².